The SMILES string of the molecule is COC(=O)c1ccc(C(C(=O)NC2CCCCC2)N(C(=O)Cn2nnc3ccccc32)c2ccccc2)cc1. The number of nitrogens with one attached hydrogen (secondary N) is 1. The number of methoxy groups -OCH3 is 1. The summed E-state index contributed by atoms with van der Waals surface area (Å²) in [4.78, 5) is 41.6. The Kier molecular flexibility index (Phi) is 7.96. The van der Waals surface area contributed by atoms with Gasteiger partial charge in [-0.15, -0.1) is 5.10 Å². The predicted octanol–water partition coefficient (Wildman–Crippen LogP) is 4.44. The van der Waals surface area contributed by atoms with Gasteiger partial charge in [-0.1, -0.05) is 66.9 Å². The zero-order chi connectivity index (χ0) is 27.2. The molecule has 1 aliphatic rings. The first-order valence-corrected chi connectivity index (χ1v) is 13.2. The molecule has 1 fully saturated rings. The first kappa shape index (κ1) is 26.1. The number of anilines is 1. The van der Waals surface area contributed by atoms with E-state index in [0.29, 0.717) is 22.3 Å². The molecule has 2 amide bonds. The summed E-state index contributed by atoms with van der Waals surface area (Å²) in [6.45, 7) is -0.108. The van der Waals surface area contributed by atoms with E-state index in [1.54, 1.807) is 41.1 Å². The first-order chi connectivity index (χ1) is 19.0. The fourth-order valence-electron chi connectivity index (χ4n) is 5.13. The van der Waals surface area contributed by atoms with Crippen LogP contribution in [0.3, 0.4) is 0 Å². The molecule has 1 saturated carbocycles. The second-order valence-corrected chi connectivity index (χ2v) is 9.69. The lowest BCUT2D eigenvalue weighted by molar-refractivity contribution is -0.127. The van der Waals surface area contributed by atoms with Crippen LogP contribution in [0, 0.1) is 0 Å². The molecular formula is C30H31N5O4. The fraction of sp³-hybridized carbons (Fsp3) is 0.300. The van der Waals surface area contributed by atoms with E-state index in [1.165, 1.54) is 12.0 Å². The van der Waals surface area contributed by atoms with Crippen LogP contribution in [-0.4, -0.2) is 45.9 Å². The lowest BCUT2D eigenvalue weighted by Gasteiger charge is -2.33. The lowest BCUT2D eigenvalue weighted by atomic mass is 9.94. The molecule has 1 atom stereocenters. The number of rotatable bonds is 8. The number of ether oxygens (including phenoxy) is 1. The Bertz CT molecular complexity index is 1450. The Balaban J connectivity index is 1.55. The molecule has 39 heavy (non-hydrogen) atoms. The van der Waals surface area contributed by atoms with Gasteiger partial charge in [0.2, 0.25) is 11.8 Å². The summed E-state index contributed by atoms with van der Waals surface area (Å²) in [6, 6.07) is 22.3. The van der Waals surface area contributed by atoms with Crippen molar-refractivity contribution in [3.05, 3.63) is 90.0 Å². The molecule has 1 N–H and O–H groups in total. The van der Waals surface area contributed by atoms with Crippen molar-refractivity contribution in [3.63, 3.8) is 0 Å². The third-order valence-corrected chi connectivity index (χ3v) is 7.11. The molecule has 1 aromatic heterocycles. The summed E-state index contributed by atoms with van der Waals surface area (Å²) < 4.78 is 6.38. The standard InChI is InChI=1S/C30H31N5O4/c1-39-30(38)22-18-16-21(17-19-22)28(29(37)31-23-10-4-2-5-11-23)35(24-12-6-3-7-13-24)27(36)20-34-26-15-9-8-14-25(26)32-33-34/h3,6-9,12-19,23,28H,2,4-5,10-11,20H2,1H3,(H,31,37). The summed E-state index contributed by atoms with van der Waals surface area (Å²) in [5.41, 5.74) is 2.93. The first-order valence-electron chi connectivity index (χ1n) is 13.2. The van der Waals surface area contributed by atoms with Gasteiger partial charge in [0.25, 0.3) is 0 Å². The summed E-state index contributed by atoms with van der Waals surface area (Å²) >= 11 is 0. The van der Waals surface area contributed by atoms with E-state index in [1.807, 2.05) is 42.5 Å². The van der Waals surface area contributed by atoms with Crippen LogP contribution in [0.25, 0.3) is 11.0 Å². The number of hydrogen-bond donors (Lipinski definition) is 1. The molecule has 4 aromatic rings. The number of fused-ring (bicyclic) bond motifs is 1. The summed E-state index contributed by atoms with van der Waals surface area (Å²) in [5.74, 6) is -1.06. The van der Waals surface area contributed by atoms with Crippen LogP contribution in [-0.2, 0) is 20.9 Å². The van der Waals surface area contributed by atoms with Gasteiger partial charge in [0.1, 0.15) is 18.1 Å². The minimum Gasteiger partial charge on any atom is -0.465 e. The second kappa shape index (κ2) is 11.9. The molecule has 9 nitrogen and oxygen atoms in total. The van der Waals surface area contributed by atoms with Crippen LogP contribution in [0.4, 0.5) is 5.69 Å². The maximum Gasteiger partial charge on any atom is 0.337 e. The molecular weight excluding hydrogens is 494 g/mol. The van der Waals surface area contributed by atoms with Crippen LogP contribution in [0.15, 0.2) is 78.9 Å². The molecule has 0 radical (unpaired) electrons. The van der Waals surface area contributed by atoms with Crippen molar-refractivity contribution < 1.29 is 19.1 Å². The van der Waals surface area contributed by atoms with Gasteiger partial charge in [-0.25, -0.2) is 9.48 Å². The molecule has 200 valence electrons. The van der Waals surface area contributed by atoms with E-state index < -0.39 is 12.0 Å². The molecule has 0 saturated heterocycles. The number of carbonyl (C=O) groups is 3. The number of amides is 2. The molecule has 5 rings (SSSR count). The van der Waals surface area contributed by atoms with E-state index >= 15 is 0 Å². The second-order valence-electron chi connectivity index (χ2n) is 9.69. The van der Waals surface area contributed by atoms with Gasteiger partial charge in [0.05, 0.1) is 18.2 Å². The van der Waals surface area contributed by atoms with E-state index in [-0.39, 0.29) is 24.4 Å². The third kappa shape index (κ3) is 5.82. The Hall–Kier alpha value is -4.53. The van der Waals surface area contributed by atoms with Crippen LogP contribution >= 0.6 is 0 Å². The zero-order valence-corrected chi connectivity index (χ0v) is 21.8. The van der Waals surface area contributed by atoms with Gasteiger partial charge in [0.15, 0.2) is 0 Å². The fourth-order valence-corrected chi connectivity index (χ4v) is 5.13. The zero-order valence-electron chi connectivity index (χ0n) is 21.8. The number of nitrogens with zero attached hydrogens (tertiary/aromatic N) is 4. The third-order valence-electron chi connectivity index (χ3n) is 7.11. The summed E-state index contributed by atoms with van der Waals surface area (Å²) in [6.07, 6.45) is 5.09. The average Bonchev–Trinajstić information content (AvgIpc) is 3.39. The number of carbonyl (C=O) groups excluding carboxylic acids is 3. The molecule has 1 heterocycles. The number of hydrogen-bond acceptors (Lipinski definition) is 6. The van der Waals surface area contributed by atoms with Crippen LogP contribution in [0.2, 0.25) is 0 Å². The number of benzene rings is 3. The largest absolute Gasteiger partial charge is 0.465 e. The van der Waals surface area contributed by atoms with Crippen molar-refractivity contribution in [3.8, 4) is 0 Å². The topological polar surface area (TPSA) is 106 Å². The highest BCUT2D eigenvalue weighted by Gasteiger charge is 2.34. The van der Waals surface area contributed by atoms with Gasteiger partial charge in [-0.05, 0) is 54.8 Å². The highest BCUT2D eigenvalue weighted by atomic mass is 16.5. The summed E-state index contributed by atoms with van der Waals surface area (Å²) in [7, 11) is 1.32. The molecule has 0 aliphatic heterocycles. The maximum atomic E-state index is 14.1. The number of para-hydroxylation sites is 2. The summed E-state index contributed by atoms with van der Waals surface area (Å²) in [5, 5.41) is 11.6. The van der Waals surface area contributed by atoms with Gasteiger partial charge >= 0.3 is 5.97 Å². The average molecular weight is 526 g/mol. The molecule has 9 heteroatoms. The Morgan fingerprint density at radius 1 is 0.949 bits per heavy atom. The highest BCUT2D eigenvalue weighted by Crippen LogP contribution is 2.30. The lowest BCUT2D eigenvalue weighted by Crippen LogP contribution is -2.48. The minimum atomic E-state index is -0.969. The minimum absolute atomic E-state index is 0.0510. The quantitative estimate of drug-likeness (QED) is 0.341. The van der Waals surface area contributed by atoms with Crippen LogP contribution < -0.4 is 10.2 Å². The molecule has 1 aliphatic carbocycles. The smallest absolute Gasteiger partial charge is 0.337 e. The Labute approximate surface area is 226 Å². The molecule has 0 bridgehead atoms. The van der Waals surface area contributed by atoms with Crippen LogP contribution in [0.1, 0.15) is 54.1 Å². The van der Waals surface area contributed by atoms with Gasteiger partial charge in [-0.2, -0.15) is 0 Å². The molecule has 3 aromatic carbocycles. The van der Waals surface area contributed by atoms with E-state index in [9.17, 15) is 14.4 Å². The van der Waals surface area contributed by atoms with Crippen molar-refractivity contribution in [1.29, 1.82) is 0 Å². The van der Waals surface area contributed by atoms with Gasteiger partial charge in [-0.3, -0.25) is 14.5 Å². The van der Waals surface area contributed by atoms with E-state index in [2.05, 4.69) is 15.6 Å². The van der Waals surface area contributed by atoms with Crippen molar-refractivity contribution in [2.45, 2.75) is 50.7 Å². The van der Waals surface area contributed by atoms with Crippen LogP contribution in [0.5, 0.6) is 0 Å². The van der Waals surface area contributed by atoms with Crippen molar-refractivity contribution >= 4 is 34.5 Å². The van der Waals surface area contributed by atoms with Gasteiger partial charge in [0, 0.05) is 11.7 Å². The van der Waals surface area contributed by atoms with Crippen molar-refractivity contribution in [2.24, 2.45) is 0 Å². The van der Waals surface area contributed by atoms with Crippen molar-refractivity contribution in [2.75, 3.05) is 12.0 Å². The monoisotopic (exact) mass is 525 g/mol. The highest BCUT2D eigenvalue weighted by molar-refractivity contribution is 6.01. The Morgan fingerprint density at radius 3 is 2.36 bits per heavy atom. The molecule has 0 spiro atoms. The number of aromatic nitrogens is 3. The Morgan fingerprint density at radius 2 is 1.64 bits per heavy atom. The van der Waals surface area contributed by atoms with E-state index in [4.69, 9.17) is 4.74 Å². The van der Waals surface area contributed by atoms with E-state index in [0.717, 1.165) is 37.6 Å². The molecule has 1 unspecified atom stereocenters. The maximum absolute atomic E-state index is 14.1. The number of esters is 1. The normalized spacial score (nSPS) is 14.5. The van der Waals surface area contributed by atoms with Gasteiger partial charge < -0.3 is 10.1 Å². The van der Waals surface area contributed by atoms with Crippen molar-refractivity contribution in [1.82, 2.24) is 20.3 Å². The predicted molar refractivity (Wildman–Crippen MR) is 147 cm³/mol.